The highest BCUT2D eigenvalue weighted by atomic mass is 15.0. The van der Waals surface area contributed by atoms with Gasteiger partial charge in [-0.05, 0) is 80.7 Å². The maximum absolute atomic E-state index is 2.56. The van der Waals surface area contributed by atoms with Crippen LogP contribution in [-0.4, -0.2) is 15.8 Å². The normalized spacial score (nSPS) is 12.7. The van der Waals surface area contributed by atoms with Gasteiger partial charge in [-0.3, -0.25) is 0 Å². The molecule has 3 heteroatoms. The summed E-state index contributed by atoms with van der Waals surface area (Å²) in [6.45, 7) is -0.000958. The number of hydrogen-bond donors (Lipinski definition) is 0. The second-order valence-electron chi connectivity index (χ2n) is 14.0. The SMILES string of the molecule is c1ccc2c(c1)B1c3c(cccc3-n3c4ccccc4c4cc(-n5c6ccccc6c6ccccc65)cc1c43)-c1ccccc1-c1ccccc1-2. The van der Waals surface area contributed by atoms with Gasteiger partial charge in [-0.1, -0.05) is 145 Å². The van der Waals surface area contributed by atoms with Crippen molar-refractivity contribution in [1.82, 2.24) is 9.13 Å². The van der Waals surface area contributed by atoms with Gasteiger partial charge >= 0.3 is 0 Å². The fourth-order valence-electron chi connectivity index (χ4n) is 9.58. The number of nitrogens with zero attached hydrogens (tertiary/aromatic N) is 2. The van der Waals surface area contributed by atoms with Crippen LogP contribution in [0.5, 0.6) is 0 Å². The van der Waals surface area contributed by atoms with E-state index in [2.05, 4.69) is 185 Å². The van der Waals surface area contributed by atoms with E-state index in [1.807, 2.05) is 0 Å². The van der Waals surface area contributed by atoms with E-state index in [0.29, 0.717) is 0 Å². The first-order chi connectivity index (χ1) is 25.3. The van der Waals surface area contributed by atoms with Crippen molar-refractivity contribution in [2.45, 2.75) is 0 Å². The van der Waals surface area contributed by atoms with Gasteiger partial charge in [0, 0.05) is 38.4 Å². The summed E-state index contributed by atoms with van der Waals surface area (Å²) in [7, 11) is 0. The first-order valence-electron chi connectivity index (χ1n) is 17.8. The molecule has 2 aromatic heterocycles. The molecule has 4 heterocycles. The van der Waals surface area contributed by atoms with E-state index in [9.17, 15) is 0 Å². The van der Waals surface area contributed by atoms with Gasteiger partial charge in [0.25, 0.3) is 0 Å². The van der Waals surface area contributed by atoms with E-state index in [1.165, 1.54) is 105 Å². The molecule has 0 spiro atoms. The summed E-state index contributed by atoms with van der Waals surface area (Å²) >= 11 is 0. The Morgan fingerprint density at radius 3 is 1.45 bits per heavy atom. The summed E-state index contributed by atoms with van der Waals surface area (Å²) in [5.41, 5.74) is 19.1. The lowest BCUT2D eigenvalue weighted by Crippen LogP contribution is -2.57. The van der Waals surface area contributed by atoms with Gasteiger partial charge in [-0.25, -0.2) is 0 Å². The fourth-order valence-corrected chi connectivity index (χ4v) is 9.58. The van der Waals surface area contributed by atoms with E-state index >= 15 is 0 Å². The number of para-hydroxylation sites is 3. The van der Waals surface area contributed by atoms with E-state index in [4.69, 9.17) is 0 Å². The van der Waals surface area contributed by atoms with Crippen LogP contribution >= 0.6 is 0 Å². The Morgan fingerprint density at radius 1 is 0.333 bits per heavy atom. The number of hydrogen-bond acceptors (Lipinski definition) is 0. The van der Waals surface area contributed by atoms with Crippen molar-refractivity contribution in [3.05, 3.63) is 176 Å². The minimum atomic E-state index is -0.000958. The highest BCUT2D eigenvalue weighted by molar-refractivity contribution is 6.99. The van der Waals surface area contributed by atoms with Crippen molar-refractivity contribution < 1.29 is 0 Å². The largest absolute Gasteiger partial charge is 0.310 e. The van der Waals surface area contributed by atoms with E-state index < -0.39 is 0 Å². The average molecular weight is 645 g/mol. The number of fused-ring (bicyclic) bond motifs is 15. The van der Waals surface area contributed by atoms with Crippen molar-refractivity contribution in [1.29, 1.82) is 0 Å². The molecule has 0 fully saturated rings. The highest BCUT2D eigenvalue weighted by Gasteiger charge is 2.38. The molecule has 2 aliphatic rings. The maximum Gasteiger partial charge on any atom is 0.248 e. The molecule has 12 rings (SSSR count). The smallest absolute Gasteiger partial charge is 0.248 e. The summed E-state index contributed by atoms with van der Waals surface area (Å²) in [4.78, 5) is 0. The van der Waals surface area contributed by atoms with Gasteiger partial charge in [0.2, 0.25) is 6.71 Å². The number of benzene rings is 8. The van der Waals surface area contributed by atoms with Crippen molar-refractivity contribution in [2.24, 2.45) is 0 Å². The summed E-state index contributed by atoms with van der Waals surface area (Å²) in [6, 6.07) is 65.7. The first kappa shape index (κ1) is 27.3. The third-order valence-corrected chi connectivity index (χ3v) is 11.5. The molecule has 0 radical (unpaired) electrons. The quantitative estimate of drug-likeness (QED) is 0.158. The summed E-state index contributed by atoms with van der Waals surface area (Å²) in [5, 5.41) is 5.12. The van der Waals surface area contributed by atoms with Crippen LogP contribution < -0.4 is 16.4 Å². The first-order valence-corrected chi connectivity index (χ1v) is 17.8. The molecule has 0 unspecified atom stereocenters. The van der Waals surface area contributed by atoms with Crippen LogP contribution in [-0.2, 0) is 0 Å². The lowest BCUT2D eigenvalue weighted by atomic mass is 9.34. The van der Waals surface area contributed by atoms with Crippen LogP contribution in [0.3, 0.4) is 0 Å². The summed E-state index contributed by atoms with van der Waals surface area (Å²) < 4.78 is 5.04. The van der Waals surface area contributed by atoms with Gasteiger partial charge in [0.15, 0.2) is 0 Å². The molecule has 2 aliphatic heterocycles. The van der Waals surface area contributed by atoms with Gasteiger partial charge in [0.05, 0.1) is 16.6 Å². The molecule has 2 nitrogen and oxygen atoms in total. The van der Waals surface area contributed by atoms with Crippen LogP contribution in [0.1, 0.15) is 0 Å². The molecule has 0 amide bonds. The molecule has 234 valence electrons. The molecular weight excluding hydrogens is 615 g/mol. The fraction of sp³-hybridized carbons (Fsp3) is 0. The Balaban J connectivity index is 1.31. The van der Waals surface area contributed by atoms with Gasteiger partial charge in [-0.2, -0.15) is 0 Å². The van der Waals surface area contributed by atoms with Gasteiger partial charge < -0.3 is 9.13 Å². The minimum Gasteiger partial charge on any atom is -0.310 e. The zero-order chi connectivity index (χ0) is 33.2. The number of rotatable bonds is 1. The van der Waals surface area contributed by atoms with Crippen molar-refractivity contribution >= 4 is 66.7 Å². The van der Waals surface area contributed by atoms with Crippen LogP contribution in [0.2, 0.25) is 0 Å². The summed E-state index contributed by atoms with van der Waals surface area (Å²) in [6.07, 6.45) is 0. The zero-order valence-electron chi connectivity index (χ0n) is 27.7. The Hall–Kier alpha value is -6.58. The predicted molar refractivity (Wildman–Crippen MR) is 216 cm³/mol. The standard InChI is InChI=1S/C48H29BN2/c1-3-16-33-31(14-1)32-15-2-4-17-34(32)39-22-13-27-46-47(39)49(41-23-9-5-18-35(33)41)42-29-30(28-40-38-21-8-12-26-45(38)51(46)48(40)42)50-43-24-10-6-19-36(43)37-20-7-11-25-44(37)50/h1-29H. The molecule has 51 heavy (non-hydrogen) atoms. The second-order valence-corrected chi connectivity index (χ2v) is 14.0. The van der Waals surface area contributed by atoms with Crippen molar-refractivity contribution in [2.75, 3.05) is 0 Å². The Bertz CT molecular complexity index is 3050. The predicted octanol–water partition coefficient (Wildman–Crippen LogP) is 10.0. The third-order valence-electron chi connectivity index (χ3n) is 11.5. The van der Waals surface area contributed by atoms with Crippen LogP contribution in [0, 0.1) is 0 Å². The van der Waals surface area contributed by atoms with Crippen molar-refractivity contribution in [3.63, 3.8) is 0 Å². The average Bonchev–Trinajstić information content (AvgIpc) is 3.72. The van der Waals surface area contributed by atoms with Gasteiger partial charge in [0.1, 0.15) is 0 Å². The zero-order valence-corrected chi connectivity index (χ0v) is 27.7. The monoisotopic (exact) mass is 644 g/mol. The highest BCUT2D eigenvalue weighted by Crippen LogP contribution is 2.42. The maximum atomic E-state index is 2.56. The second kappa shape index (κ2) is 10.00. The van der Waals surface area contributed by atoms with Crippen molar-refractivity contribution in [3.8, 4) is 44.8 Å². The van der Waals surface area contributed by atoms with Crippen LogP contribution in [0.25, 0.3) is 88.4 Å². The molecule has 0 aliphatic carbocycles. The molecule has 8 aromatic carbocycles. The molecule has 0 atom stereocenters. The lowest BCUT2D eigenvalue weighted by molar-refractivity contribution is 1.17. The molecule has 0 saturated heterocycles. The topological polar surface area (TPSA) is 9.86 Å². The Labute approximate surface area is 295 Å². The third kappa shape index (κ3) is 3.52. The van der Waals surface area contributed by atoms with E-state index in [1.54, 1.807) is 0 Å². The molecule has 10 aromatic rings. The lowest BCUT2D eigenvalue weighted by Gasteiger charge is -2.30. The molecule has 0 saturated carbocycles. The van der Waals surface area contributed by atoms with Crippen LogP contribution in [0.15, 0.2) is 176 Å². The summed E-state index contributed by atoms with van der Waals surface area (Å²) in [5.74, 6) is 0. The Kier molecular flexibility index (Phi) is 5.35. The molecule has 0 bridgehead atoms. The van der Waals surface area contributed by atoms with Crippen LogP contribution in [0.4, 0.5) is 0 Å². The molecule has 0 N–H and O–H groups in total. The Morgan fingerprint density at radius 2 is 0.804 bits per heavy atom. The van der Waals surface area contributed by atoms with E-state index in [-0.39, 0.29) is 6.71 Å². The number of aromatic nitrogens is 2. The van der Waals surface area contributed by atoms with E-state index in [0.717, 1.165) is 0 Å². The van der Waals surface area contributed by atoms with Gasteiger partial charge in [-0.15, -0.1) is 0 Å². The molecular formula is C48H29BN2. The minimum absolute atomic E-state index is 0.000958.